The van der Waals surface area contributed by atoms with Crippen molar-refractivity contribution in [3.05, 3.63) is 65.0 Å². The molecule has 0 bridgehead atoms. The van der Waals surface area contributed by atoms with Gasteiger partial charge >= 0.3 is 12.1 Å². The number of aliphatic hydroxyl groups excluding tert-OH is 1. The second-order valence-electron chi connectivity index (χ2n) is 10.7. The lowest BCUT2D eigenvalue weighted by atomic mass is 9.71. The Labute approximate surface area is 216 Å². The smallest absolute Gasteiger partial charge is 0.409 e. The summed E-state index contributed by atoms with van der Waals surface area (Å²) in [6.45, 7) is 2.82. The highest BCUT2D eigenvalue weighted by molar-refractivity contribution is 5.82. The molecule has 0 radical (unpaired) electrons. The maximum Gasteiger partial charge on any atom is 0.409 e. The van der Waals surface area contributed by atoms with E-state index in [1.165, 1.54) is 12.7 Å². The van der Waals surface area contributed by atoms with Gasteiger partial charge in [0.05, 0.1) is 42.8 Å². The molecule has 8 heteroatoms. The number of ether oxygens (including phenoxy) is 1. The van der Waals surface area contributed by atoms with Crippen LogP contribution in [0.15, 0.2) is 42.5 Å². The quantitative estimate of drug-likeness (QED) is 0.504. The topological polar surface area (TPSA) is 105 Å². The van der Waals surface area contributed by atoms with E-state index in [1.807, 2.05) is 25.1 Å². The molecule has 0 unspecified atom stereocenters. The number of aliphatic hydroxyl groups is 1. The van der Waals surface area contributed by atoms with Gasteiger partial charge in [0, 0.05) is 18.0 Å². The number of benzene rings is 2. The van der Waals surface area contributed by atoms with Crippen molar-refractivity contribution in [1.82, 2.24) is 14.5 Å². The molecule has 0 saturated heterocycles. The normalized spacial score (nSPS) is 22.5. The number of fused-ring (bicyclic) bond motifs is 3. The number of rotatable bonds is 6. The number of aromatic nitrogens is 2. The summed E-state index contributed by atoms with van der Waals surface area (Å²) in [7, 11) is 1.40. The van der Waals surface area contributed by atoms with Gasteiger partial charge in [0.2, 0.25) is 0 Å². The van der Waals surface area contributed by atoms with E-state index in [-0.39, 0.29) is 24.7 Å². The van der Waals surface area contributed by atoms with Crippen LogP contribution in [0.2, 0.25) is 0 Å². The molecule has 2 aliphatic rings. The van der Waals surface area contributed by atoms with Gasteiger partial charge in [-0.25, -0.2) is 9.78 Å². The van der Waals surface area contributed by atoms with Gasteiger partial charge < -0.3 is 24.4 Å². The lowest BCUT2D eigenvalue weighted by Gasteiger charge is -2.34. The predicted octanol–water partition coefficient (Wildman–Crippen LogP) is 4.69. The van der Waals surface area contributed by atoms with Crippen molar-refractivity contribution in [2.75, 3.05) is 20.3 Å². The van der Waals surface area contributed by atoms with E-state index >= 15 is 0 Å². The minimum absolute atomic E-state index is 0.0434. The molecule has 37 heavy (non-hydrogen) atoms. The Kier molecular flexibility index (Phi) is 6.94. The Morgan fingerprint density at radius 3 is 2.54 bits per heavy atom. The monoisotopic (exact) mass is 505 g/mol. The van der Waals surface area contributed by atoms with Crippen LogP contribution in [0.3, 0.4) is 0 Å². The number of amides is 1. The van der Waals surface area contributed by atoms with Gasteiger partial charge in [-0.05, 0) is 62.6 Å². The van der Waals surface area contributed by atoms with E-state index < -0.39 is 11.4 Å². The molecule has 0 spiro atoms. The van der Waals surface area contributed by atoms with Crippen molar-refractivity contribution in [1.29, 1.82) is 0 Å². The zero-order valence-corrected chi connectivity index (χ0v) is 21.5. The van der Waals surface area contributed by atoms with Gasteiger partial charge in [0.15, 0.2) is 0 Å². The van der Waals surface area contributed by atoms with E-state index in [4.69, 9.17) is 9.72 Å². The van der Waals surface area contributed by atoms with Crippen LogP contribution in [-0.2, 0) is 28.9 Å². The Morgan fingerprint density at radius 2 is 1.89 bits per heavy atom. The van der Waals surface area contributed by atoms with Crippen molar-refractivity contribution < 1.29 is 24.5 Å². The van der Waals surface area contributed by atoms with Crippen LogP contribution in [0.1, 0.15) is 67.1 Å². The molecule has 196 valence electrons. The fourth-order valence-corrected chi connectivity index (χ4v) is 6.02. The van der Waals surface area contributed by atoms with Crippen molar-refractivity contribution in [3.63, 3.8) is 0 Å². The molecule has 1 aliphatic carbocycles. The Bertz CT molecular complexity index is 1290. The molecule has 1 atom stereocenters. The fraction of sp³-hybridized carbons (Fsp3) is 0.483. The first-order valence-electron chi connectivity index (χ1n) is 13.1. The van der Waals surface area contributed by atoms with E-state index in [1.54, 1.807) is 4.90 Å². The summed E-state index contributed by atoms with van der Waals surface area (Å²) in [5, 5.41) is 20.3. The third-order valence-corrected chi connectivity index (χ3v) is 8.38. The molecule has 1 amide bonds. The van der Waals surface area contributed by atoms with Gasteiger partial charge in [-0.2, -0.15) is 0 Å². The molecular weight excluding hydrogens is 470 g/mol. The zero-order chi connectivity index (χ0) is 26.2. The van der Waals surface area contributed by atoms with Crippen LogP contribution in [0, 0.1) is 5.41 Å². The van der Waals surface area contributed by atoms with Crippen molar-refractivity contribution in [2.45, 2.75) is 64.0 Å². The van der Waals surface area contributed by atoms with Crippen LogP contribution < -0.4 is 0 Å². The minimum atomic E-state index is -0.742. The van der Waals surface area contributed by atoms with Gasteiger partial charge in [-0.1, -0.05) is 36.4 Å². The molecule has 2 N–H and O–H groups in total. The summed E-state index contributed by atoms with van der Waals surface area (Å²) in [5.41, 5.74) is 4.42. The third-order valence-electron chi connectivity index (χ3n) is 8.38. The first kappa shape index (κ1) is 25.3. The molecular formula is C29H35N3O5. The summed E-state index contributed by atoms with van der Waals surface area (Å²) in [6.07, 6.45) is 3.68. The SMILES string of the molecule is COC(=O)N1CCc2ccc3c(nc([C@H]4CC[C@](C)(C(=O)O)CC4)n3[C@H](CO)Cc3ccccc3)c2C1. The first-order valence-corrected chi connectivity index (χ1v) is 13.1. The molecule has 1 aromatic heterocycles. The molecule has 8 nitrogen and oxygen atoms in total. The number of carbonyl (C=O) groups is 2. The average Bonchev–Trinajstić information content (AvgIpc) is 3.31. The zero-order valence-electron chi connectivity index (χ0n) is 21.5. The lowest BCUT2D eigenvalue weighted by molar-refractivity contribution is -0.150. The van der Waals surface area contributed by atoms with Crippen LogP contribution in [0.5, 0.6) is 0 Å². The van der Waals surface area contributed by atoms with E-state index in [0.717, 1.165) is 47.2 Å². The number of aliphatic carboxylic acids is 1. The Balaban J connectivity index is 1.60. The number of carbonyl (C=O) groups excluding carboxylic acids is 1. The fourth-order valence-electron chi connectivity index (χ4n) is 6.02. The number of hydrogen-bond donors (Lipinski definition) is 2. The highest BCUT2D eigenvalue weighted by Gasteiger charge is 2.40. The van der Waals surface area contributed by atoms with Gasteiger partial charge in [-0.15, -0.1) is 0 Å². The number of carboxylic acid groups (broad SMARTS) is 1. The van der Waals surface area contributed by atoms with Crippen LogP contribution in [0.25, 0.3) is 11.0 Å². The van der Waals surface area contributed by atoms with Crippen molar-refractivity contribution >= 4 is 23.1 Å². The predicted molar refractivity (Wildman–Crippen MR) is 139 cm³/mol. The number of imidazole rings is 1. The van der Waals surface area contributed by atoms with Crippen LogP contribution >= 0.6 is 0 Å². The van der Waals surface area contributed by atoms with Crippen molar-refractivity contribution in [3.8, 4) is 0 Å². The van der Waals surface area contributed by atoms with E-state index in [9.17, 15) is 19.8 Å². The van der Waals surface area contributed by atoms with Gasteiger partial charge in [-0.3, -0.25) is 4.79 Å². The highest BCUT2D eigenvalue weighted by Crippen LogP contribution is 2.44. The van der Waals surface area contributed by atoms with Crippen molar-refractivity contribution in [2.24, 2.45) is 5.41 Å². The number of nitrogens with zero attached hydrogens (tertiary/aromatic N) is 3. The molecule has 5 rings (SSSR count). The Morgan fingerprint density at radius 1 is 1.16 bits per heavy atom. The Hall–Kier alpha value is -3.39. The van der Waals surface area contributed by atoms with Gasteiger partial charge in [0.25, 0.3) is 0 Å². The largest absolute Gasteiger partial charge is 0.481 e. The van der Waals surface area contributed by atoms with Crippen LogP contribution in [0.4, 0.5) is 4.79 Å². The highest BCUT2D eigenvalue weighted by atomic mass is 16.5. The lowest BCUT2D eigenvalue weighted by Crippen LogP contribution is -2.35. The number of carboxylic acids is 1. The maximum atomic E-state index is 12.3. The third kappa shape index (κ3) is 4.70. The van der Waals surface area contributed by atoms with E-state index in [2.05, 4.69) is 28.8 Å². The molecule has 2 aromatic carbocycles. The molecule has 2 heterocycles. The molecule has 1 fully saturated rings. The maximum absolute atomic E-state index is 12.3. The molecule has 3 aromatic rings. The molecule has 1 saturated carbocycles. The summed E-state index contributed by atoms with van der Waals surface area (Å²) in [5.74, 6) is 0.260. The number of hydrogen-bond acceptors (Lipinski definition) is 5. The minimum Gasteiger partial charge on any atom is -0.481 e. The number of methoxy groups -OCH3 is 1. The second-order valence-corrected chi connectivity index (χ2v) is 10.7. The summed E-state index contributed by atoms with van der Waals surface area (Å²) in [6, 6.07) is 14.1. The summed E-state index contributed by atoms with van der Waals surface area (Å²) < 4.78 is 7.17. The first-order chi connectivity index (χ1) is 17.8. The second kappa shape index (κ2) is 10.2. The van der Waals surface area contributed by atoms with Gasteiger partial charge in [0.1, 0.15) is 5.82 Å². The molecule has 1 aliphatic heterocycles. The summed E-state index contributed by atoms with van der Waals surface area (Å²) >= 11 is 0. The average molecular weight is 506 g/mol. The summed E-state index contributed by atoms with van der Waals surface area (Å²) in [4.78, 5) is 31.1. The van der Waals surface area contributed by atoms with Crippen LogP contribution in [-0.4, -0.2) is 57.0 Å². The standard InChI is InChI=1S/C29H35N3O5/c1-29(27(34)35)13-10-21(11-14-29)26-30-25-23-17-31(28(36)37-2)15-12-20(23)8-9-24(25)32(26)22(18-33)16-19-6-4-3-5-7-19/h3-9,21-22,33H,10-18H2,1-2H3,(H,34,35)/t21-,22-,29-/m0/s1. The van der Waals surface area contributed by atoms with E-state index in [0.29, 0.717) is 32.4 Å².